The Balaban J connectivity index is 2.62. The minimum atomic E-state index is 0.0226. The van der Waals surface area contributed by atoms with Crippen LogP contribution >= 0.6 is 11.8 Å². The standard InChI is InChI=1S/C11H21N5OS/c1-4-5-13-10(17)7-18-11-15-14-9(6-12)16(11)8(2)3/h8H,4-7,12H2,1-3H3,(H,13,17). The summed E-state index contributed by atoms with van der Waals surface area (Å²) < 4.78 is 1.97. The maximum atomic E-state index is 11.5. The van der Waals surface area contributed by atoms with Crippen molar-refractivity contribution in [2.24, 2.45) is 5.73 Å². The van der Waals surface area contributed by atoms with Crippen molar-refractivity contribution >= 4 is 17.7 Å². The summed E-state index contributed by atoms with van der Waals surface area (Å²) in [5, 5.41) is 11.7. The third kappa shape index (κ3) is 3.99. The summed E-state index contributed by atoms with van der Waals surface area (Å²) in [4.78, 5) is 11.5. The van der Waals surface area contributed by atoms with Crippen LogP contribution in [-0.4, -0.2) is 33.0 Å². The van der Waals surface area contributed by atoms with Crippen LogP contribution in [0.2, 0.25) is 0 Å². The smallest absolute Gasteiger partial charge is 0.230 e. The van der Waals surface area contributed by atoms with Gasteiger partial charge in [0.1, 0.15) is 5.82 Å². The first-order valence-corrected chi connectivity index (χ1v) is 7.12. The van der Waals surface area contributed by atoms with Crippen molar-refractivity contribution < 1.29 is 4.79 Å². The first-order chi connectivity index (χ1) is 8.60. The quantitative estimate of drug-likeness (QED) is 0.721. The lowest BCUT2D eigenvalue weighted by Crippen LogP contribution is -2.25. The highest BCUT2D eigenvalue weighted by atomic mass is 32.2. The Morgan fingerprint density at radius 3 is 2.78 bits per heavy atom. The molecule has 0 aliphatic carbocycles. The summed E-state index contributed by atoms with van der Waals surface area (Å²) >= 11 is 1.39. The van der Waals surface area contributed by atoms with Crippen molar-refractivity contribution in [2.45, 2.75) is 44.9 Å². The number of hydrogen-bond donors (Lipinski definition) is 2. The molecule has 1 heterocycles. The van der Waals surface area contributed by atoms with E-state index >= 15 is 0 Å². The second-order valence-electron chi connectivity index (χ2n) is 4.21. The van der Waals surface area contributed by atoms with E-state index in [1.807, 2.05) is 25.3 Å². The topological polar surface area (TPSA) is 85.8 Å². The van der Waals surface area contributed by atoms with Crippen molar-refractivity contribution in [3.63, 3.8) is 0 Å². The molecule has 102 valence electrons. The summed E-state index contributed by atoms with van der Waals surface area (Å²) in [6, 6.07) is 0.236. The molecule has 0 atom stereocenters. The third-order valence-corrected chi connectivity index (χ3v) is 3.28. The van der Waals surface area contributed by atoms with Gasteiger partial charge in [0.2, 0.25) is 5.91 Å². The van der Waals surface area contributed by atoms with Crippen molar-refractivity contribution in [2.75, 3.05) is 12.3 Å². The molecule has 0 aliphatic rings. The maximum Gasteiger partial charge on any atom is 0.230 e. The first kappa shape index (κ1) is 15.0. The molecule has 0 unspecified atom stereocenters. The van der Waals surface area contributed by atoms with Gasteiger partial charge in [0.25, 0.3) is 0 Å². The monoisotopic (exact) mass is 271 g/mol. The second kappa shape index (κ2) is 7.38. The normalized spacial score (nSPS) is 10.9. The zero-order chi connectivity index (χ0) is 13.5. The molecule has 1 aromatic heterocycles. The number of nitrogens with one attached hydrogen (secondary N) is 1. The molecule has 1 rings (SSSR count). The Hall–Kier alpha value is -1.08. The Labute approximate surface area is 112 Å². The van der Waals surface area contributed by atoms with Gasteiger partial charge in [-0.2, -0.15) is 0 Å². The lowest BCUT2D eigenvalue weighted by molar-refractivity contribution is -0.118. The number of carbonyl (C=O) groups is 1. The molecule has 0 spiro atoms. The van der Waals surface area contributed by atoms with E-state index in [2.05, 4.69) is 15.5 Å². The zero-order valence-corrected chi connectivity index (χ0v) is 12.0. The Morgan fingerprint density at radius 1 is 1.50 bits per heavy atom. The molecule has 6 nitrogen and oxygen atoms in total. The largest absolute Gasteiger partial charge is 0.355 e. The SMILES string of the molecule is CCCNC(=O)CSc1nnc(CN)n1C(C)C. The van der Waals surface area contributed by atoms with Crippen molar-refractivity contribution in [1.82, 2.24) is 20.1 Å². The molecule has 0 bridgehead atoms. The average Bonchev–Trinajstić information content (AvgIpc) is 2.76. The fourth-order valence-corrected chi connectivity index (χ4v) is 2.43. The molecule has 0 aliphatic heterocycles. The van der Waals surface area contributed by atoms with Gasteiger partial charge in [-0.05, 0) is 20.3 Å². The van der Waals surface area contributed by atoms with Gasteiger partial charge < -0.3 is 15.6 Å². The summed E-state index contributed by atoms with van der Waals surface area (Å²) in [6.45, 7) is 7.18. The number of aromatic nitrogens is 3. The van der Waals surface area contributed by atoms with Gasteiger partial charge >= 0.3 is 0 Å². The molecule has 0 saturated heterocycles. The maximum absolute atomic E-state index is 11.5. The van der Waals surface area contributed by atoms with Crippen molar-refractivity contribution in [3.05, 3.63) is 5.82 Å². The molecule has 0 radical (unpaired) electrons. The van der Waals surface area contributed by atoms with Crippen LogP contribution in [0.5, 0.6) is 0 Å². The van der Waals surface area contributed by atoms with Crippen LogP contribution in [0.15, 0.2) is 5.16 Å². The molecular weight excluding hydrogens is 250 g/mol. The fraction of sp³-hybridized carbons (Fsp3) is 0.727. The average molecular weight is 271 g/mol. The van der Waals surface area contributed by atoms with Gasteiger partial charge in [-0.3, -0.25) is 4.79 Å². The molecule has 7 heteroatoms. The number of rotatable bonds is 7. The molecule has 18 heavy (non-hydrogen) atoms. The minimum absolute atomic E-state index is 0.0226. The molecule has 0 aromatic carbocycles. The van der Waals surface area contributed by atoms with E-state index in [9.17, 15) is 4.79 Å². The molecule has 0 saturated carbocycles. The predicted octanol–water partition coefficient (Wildman–Crippen LogP) is 0.936. The van der Waals surface area contributed by atoms with E-state index in [-0.39, 0.29) is 11.9 Å². The van der Waals surface area contributed by atoms with Crippen LogP contribution in [0.4, 0.5) is 0 Å². The van der Waals surface area contributed by atoms with Crippen LogP contribution in [-0.2, 0) is 11.3 Å². The van der Waals surface area contributed by atoms with Crippen molar-refractivity contribution in [1.29, 1.82) is 0 Å². The molecular formula is C11H21N5OS. The number of carbonyl (C=O) groups excluding carboxylic acids is 1. The first-order valence-electron chi connectivity index (χ1n) is 6.13. The van der Waals surface area contributed by atoms with Gasteiger partial charge in [0.05, 0.1) is 12.3 Å². The Morgan fingerprint density at radius 2 is 2.22 bits per heavy atom. The van der Waals surface area contributed by atoms with Gasteiger partial charge in [-0.25, -0.2) is 0 Å². The summed E-state index contributed by atoms with van der Waals surface area (Å²) in [7, 11) is 0. The molecule has 3 N–H and O–H groups in total. The predicted molar refractivity (Wildman–Crippen MR) is 72.3 cm³/mol. The number of hydrogen-bond acceptors (Lipinski definition) is 5. The highest BCUT2D eigenvalue weighted by Crippen LogP contribution is 2.21. The van der Waals surface area contributed by atoms with E-state index in [1.165, 1.54) is 11.8 Å². The summed E-state index contributed by atoms with van der Waals surface area (Å²) in [6.07, 6.45) is 0.940. The minimum Gasteiger partial charge on any atom is -0.355 e. The van der Waals surface area contributed by atoms with E-state index in [0.29, 0.717) is 18.8 Å². The van der Waals surface area contributed by atoms with E-state index in [0.717, 1.165) is 17.4 Å². The lowest BCUT2D eigenvalue weighted by Gasteiger charge is -2.12. The second-order valence-corrected chi connectivity index (χ2v) is 5.15. The zero-order valence-electron chi connectivity index (χ0n) is 11.1. The van der Waals surface area contributed by atoms with Crippen LogP contribution in [0, 0.1) is 0 Å². The van der Waals surface area contributed by atoms with Gasteiger partial charge in [-0.1, -0.05) is 18.7 Å². The van der Waals surface area contributed by atoms with Gasteiger partial charge in [0.15, 0.2) is 5.16 Å². The van der Waals surface area contributed by atoms with Gasteiger partial charge in [-0.15, -0.1) is 10.2 Å². The van der Waals surface area contributed by atoms with Crippen LogP contribution in [0.3, 0.4) is 0 Å². The number of thioether (sulfide) groups is 1. The molecule has 0 fully saturated rings. The van der Waals surface area contributed by atoms with E-state index in [4.69, 9.17) is 5.73 Å². The Bertz CT molecular complexity index is 391. The van der Waals surface area contributed by atoms with Crippen LogP contribution in [0.25, 0.3) is 0 Å². The van der Waals surface area contributed by atoms with Crippen LogP contribution in [0.1, 0.15) is 39.1 Å². The summed E-state index contributed by atoms with van der Waals surface area (Å²) in [5.41, 5.74) is 5.61. The highest BCUT2D eigenvalue weighted by molar-refractivity contribution is 7.99. The van der Waals surface area contributed by atoms with E-state index in [1.54, 1.807) is 0 Å². The molecule has 1 aromatic rings. The number of nitrogens with two attached hydrogens (primary N) is 1. The highest BCUT2D eigenvalue weighted by Gasteiger charge is 2.15. The van der Waals surface area contributed by atoms with E-state index < -0.39 is 0 Å². The molecule has 1 amide bonds. The number of amides is 1. The lowest BCUT2D eigenvalue weighted by atomic mass is 10.4. The fourth-order valence-electron chi connectivity index (χ4n) is 1.51. The Kier molecular flexibility index (Phi) is 6.14. The number of nitrogens with zero attached hydrogens (tertiary/aromatic N) is 3. The van der Waals surface area contributed by atoms with Crippen LogP contribution < -0.4 is 11.1 Å². The third-order valence-electron chi connectivity index (χ3n) is 2.34. The van der Waals surface area contributed by atoms with Gasteiger partial charge in [0, 0.05) is 12.6 Å². The van der Waals surface area contributed by atoms with Crippen molar-refractivity contribution in [3.8, 4) is 0 Å². The summed E-state index contributed by atoms with van der Waals surface area (Å²) in [5.74, 6) is 1.13.